The van der Waals surface area contributed by atoms with Crippen LogP contribution >= 0.6 is 0 Å². The molecule has 3 aromatic rings. The standard InChI is InChI=1S/C16H13N3O/c1-9-5-12-6-11(3-4-15(12)18-9)14-7-13(8-17)16(20)19-10(14)2/h3-7,18H,1-2H3,(H,19,20). The zero-order valence-corrected chi connectivity index (χ0v) is 11.2. The summed E-state index contributed by atoms with van der Waals surface area (Å²) in [5.74, 6) is 0. The molecule has 0 unspecified atom stereocenters. The van der Waals surface area contributed by atoms with Crippen molar-refractivity contribution in [3.8, 4) is 17.2 Å². The molecule has 0 spiro atoms. The number of aromatic nitrogens is 2. The SMILES string of the molecule is Cc1cc2cc(-c3cc(C#N)c(=O)[nH]c3C)ccc2[nH]1. The lowest BCUT2D eigenvalue weighted by atomic mass is 10.0. The molecule has 98 valence electrons. The summed E-state index contributed by atoms with van der Waals surface area (Å²) in [4.78, 5) is 17.6. The van der Waals surface area contributed by atoms with Crippen molar-refractivity contribution in [1.29, 1.82) is 5.26 Å². The molecule has 0 radical (unpaired) electrons. The molecule has 2 heterocycles. The zero-order valence-electron chi connectivity index (χ0n) is 11.2. The molecule has 2 aromatic heterocycles. The third-order valence-electron chi connectivity index (χ3n) is 3.43. The average Bonchev–Trinajstić information content (AvgIpc) is 2.78. The maximum Gasteiger partial charge on any atom is 0.266 e. The molecule has 0 amide bonds. The molecular weight excluding hydrogens is 250 g/mol. The Hall–Kier alpha value is -2.80. The number of aryl methyl sites for hydroxylation is 2. The molecule has 0 atom stereocenters. The second-order valence-corrected chi connectivity index (χ2v) is 4.92. The number of benzene rings is 1. The fraction of sp³-hybridized carbons (Fsp3) is 0.125. The minimum absolute atomic E-state index is 0.135. The van der Waals surface area contributed by atoms with Gasteiger partial charge in [-0.15, -0.1) is 0 Å². The molecule has 2 N–H and O–H groups in total. The topological polar surface area (TPSA) is 72.4 Å². The van der Waals surface area contributed by atoms with Crippen LogP contribution < -0.4 is 5.56 Å². The first-order valence-corrected chi connectivity index (χ1v) is 6.32. The summed E-state index contributed by atoms with van der Waals surface area (Å²) in [7, 11) is 0. The van der Waals surface area contributed by atoms with Crippen molar-refractivity contribution in [2.24, 2.45) is 0 Å². The molecule has 0 aliphatic heterocycles. The van der Waals surface area contributed by atoms with E-state index in [0.717, 1.165) is 33.4 Å². The van der Waals surface area contributed by atoms with Crippen LogP contribution in [0.1, 0.15) is 17.0 Å². The first-order valence-electron chi connectivity index (χ1n) is 6.32. The quantitative estimate of drug-likeness (QED) is 0.708. The molecule has 0 saturated carbocycles. The van der Waals surface area contributed by atoms with Crippen LogP contribution in [0.2, 0.25) is 0 Å². The highest BCUT2D eigenvalue weighted by atomic mass is 16.1. The van der Waals surface area contributed by atoms with Crippen molar-refractivity contribution in [1.82, 2.24) is 9.97 Å². The largest absolute Gasteiger partial charge is 0.359 e. The molecular formula is C16H13N3O. The van der Waals surface area contributed by atoms with Crippen molar-refractivity contribution in [3.63, 3.8) is 0 Å². The third-order valence-corrected chi connectivity index (χ3v) is 3.43. The summed E-state index contributed by atoms with van der Waals surface area (Å²) in [5.41, 5.74) is 4.61. The van der Waals surface area contributed by atoms with E-state index in [9.17, 15) is 4.79 Å². The number of fused-ring (bicyclic) bond motifs is 1. The Morgan fingerprint density at radius 1 is 1.10 bits per heavy atom. The van der Waals surface area contributed by atoms with Gasteiger partial charge in [-0.1, -0.05) is 6.07 Å². The Kier molecular flexibility index (Phi) is 2.69. The van der Waals surface area contributed by atoms with E-state index in [0.29, 0.717) is 0 Å². The maximum atomic E-state index is 11.6. The molecule has 0 fully saturated rings. The summed E-state index contributed by atoms with van der Waals surface area (Å²) in [5, 5.41) is 10.1. The van der Waals surface area contributed by atoms with E-state index in [2.05, 4.69) is 22.1 Å². The molecule has 0 aliphatic carbocycles. The van der Waals surface area contributed by atoms with Gasteiger partial charge >= 0.3 is 0 Å². The lowest BCUT2D eigenvalue weighted by molar-refractivity contribution is 1.13. The van der Waals surface area contributed by atoms with Crippen molar-refractivity contribution in [3.05, 3.63) is 57.6 Å². The minimum atomic E-state index is -0.340. The lowest BCUT2D eigenvalue weighted by Gasteiger charge is -2.06. The molecule has 4 heteroatoms. The summed E-state index contributed by atoms with van der Waals surface area (Å²) >= 11 is 0. The summed E-state index contributed by atoms with van der Waals surface area (Å²) in [6.45, 7) is 3.85. The highest BCUT2D eigenvalue weighted by Gasteiger charge is 2.08. The van der Waals surface area contributed by atoms with Crippen LogP contribution in [0.4, 0.5) is 0 Å². The van der Waals surface area contributed by atoms with Gasteiger partial charge in [0, 0.05) is 27.9 Å². The minimum Gasteiger partial charge on any atom is -0.359 e. The number of hydrogen-bond acceptors (Lipinski definition) is 2. The maximum absolute atomic E-state index is 11.6. The van der Waals surface area contributed by atoms with E-state index in [4.69, 9.17) is 5.26 Å². The number of aromatic amines is 2. The molecule has 1 aromatic carbocycles. The van der Waals surface area contributed by atoms with Gasteiger partial charge in [-0.3, -0.25) is 4.79 Å². The van der Waals surface area contributed by atoms with Crippen LogP contribution in [-0.2, 0) is 0 Å². The number of nitrogens with one attached hydrogen (secondary N) is 2. The van der Waals surface area contributed by atoms with Gasteiger partial charge in [0.15, 0.2) is 0 Å². The predicted octanol–water partition coefficient (Wildman–Crippen LogP) is 3.01. The second-order valence-electron chi connectivity index (χ2n) is 4.92. The van der Waals surface area contributed by atoms with Crippen molar-refractivity contribution >= 4 is 10.9 Å². The highest BCUT2D eigenvalue weighted by molar-refractivity contribution is 5.86. The van der Waals surface area contributed by atoms with Gasteiger partial charge in [-0.05, 0) is 43.7 Å². The number of nitriles is 1. The average molecular weight is 263 g/mol. The van der Waals surface area contributed by atoms with E-state index in [1.54, 1.807) is 6.07 Å². The van der Waals surface area contributed by atoms with Crippen LogP contribution in [0.3, 0.4) is 0 Å². The van der Waals surface area contributed by atoms with E-state index in [-0.39, 0.29) is 11.1 Å². The van der Waals surface area contributed by atoms with Gasteiger partial charge in [0.2, 0.25) is 0 Å². The molecule has 0 bridgehead atoms. The summed E-state index contributed by atoms with van der Waals surface area (Å²) in [6, 6.07) is 11.7. The molecule has 0 saturated heterocycles. The Bertz CT molecular complexity index is 910. The van der Waals surface area contributed by atoms with Crippen LogP contribution in [-0.4, -0.2) is 9.97 Å². The van der Waals surface area contributed by atoms with E-state index in [1.165, 1.54) is 0 Å². The van der Waals surface area contributed by atoms with Gasteiger partial charge < -0.3 is 9.97 Å². The Morgan fingerprint density at radius 2 is 1.90 bits per heavy atom. The smallest absolute Gasteiger partial charge is 0.266 e. The van der Waals surface area contributed by atoms with Crippen LogP contribution in [0.25, 0.3) is 22.0 Å². The van der Waals surface area contributed by atoms with Crippen molar-refractivity contribution in [2.45, 2.75) is 13.8 Å². The number of pyridine rings is 1. The van der Waals surface area contributed by atoms with Gasteiger partial charge in [0.05, 0.1) is 0 Å². The van der Waals surface area contributed by atoms with Crippen LogP contribution in [0.5, 0.6) is 0 Å². The van der Waals surface area contributed by atoms with Gasteiger partial charge in [0.25, 0.3) is 5.56 Å². The zero-order chi connectivity index (χ0) is 14.3. The lowest BCUT2D eigenvalue weighted by Crippen LogP contribution is -2.11. The fourth-order valence-corrected chi connectivity index (χ4v) is 2.45. The fourth-order valence-electron chi connectivity index (χ4n) is 2.45. The molecule has 0 aliphatic rings. The van der Waals surface area contributed by atoms with Crippen molar-refractivity contribution < 1.29 is 0 Å². The third kappa shape index (κ3) is 1.90. The van der Waals surface area contributed by atoms with Gasteiger partial charge in [0.1, 0.15) is 11.6 Å². The number of H-pyrrole nitrogens is 2. The first kappa shape index (κ1) is 12.2. The summed E-state index contributed by atoms with van der Waals surface area (Å²) < 4.78 is 0. The monoisotopic (exact) mass is 263 g/mol. The number of rotatable bonds is 1. The molecule has 20 heavy (non-hydrogen) atoms. The predicted molar refractivity (Wildman–Crippen MR) is 78.5 cm³/mol. The van der Waals surface area contributed by atoms with Crippen LogP contribution in [0, 0.1) is 25.2 Å². The highest BCUT2D eigenvalue weighted by Crippen LogP contribution is 2.26. The second kappa shape index (κ2) is 4.39. The summed E-state index contributed by atoms with van der Waals surface area (Å²) in [6.07, 6.45) is 0. The molecule has 4 nitrogen and oxygen atoms in total. The van der Waals surface area contributed by atoms with E-state index in [1.807, 2.05) is 32.0 Å². The Labute approximate surface area is 115 Å². The van der Waals surface area contributed by atoms with Crippen molar-refractivity contribution in [2.75, 3.05) is 0 Å². The Morgan fingerprint density at radius 3 is 2.65 bits per heavy atom. The first-order chi connectivity index (χ1) is 9.58. The van der Waals surface area contributed by atoms with Gasteiger partial charge in [-0.25, -0.2) is 0 Å². The van der Waals surface area contributed by atoms with Gasteiger partial charge in [-0.2, -0.15) is 5.26 Å². The Balaban J connectivity index is 2.25. The number of nitrogens with zero attached hydrogens (tertiary/aromatic N) is 1. The number of hydrogen-bond donors (Lipinski definition) is 2. The molecule has 3 rings (SSSR count). The van der Waals surface area contributed by atoms with E-state index >= 15 is 0 Å². The van der Waals surface area contributed by atoms with Crippen LogP contribution in [0.15, 0.2) is 35.1 Å². The van der Waals surface area contributed by atoms with E-state index < -0.39 is 0 Å². The normalized spacial score (nSPS) is 10.7.